The molecule has 0 saturated carbocycles. The summed E-state index contributed by atoms with van der Waals surface area (Å²) < 4.78 is 27.4. The van der Waals surface area contributed by atoms with Crippen molar-refractivity contribution in [3.05, 3.63) is 59.7 Å². The molecule has 8 heteroatoms. The zero-order chi connectivity index (χ0) is 21.3. The normalized spacial score (nSPS) is 18.3. The van der Waals surface area contributed by atoms with E-state index in [-0.39, 0.29) is 10.8 Å². The van der Waals surface area contributed by atoms with E-state index in [9.17, 15) is 18.3 Å². The topological polar surface area (TPSA) is 81.2 Å². The van der Waals surface area contributed by atoms with Gasteiger partial charge >= 0.3 is 0 Å². The Hall–Kier alpha value is -2.42. The zero-order valence-corrected chi connectivity index (χ0v) is 17.9. The number of β-amino-alcohol motifs (C(OH)–C–C–N with tert-alkyl or cyclic N) is 1. The van der Waals surface area contributed by atoms with Crippen molar-refractivity contribution in [3.63, 3.8) is 0 Å². The van der Waals surface area contributed by atoms with Gasteiger partial charge in [0.1, 0.15) is 0 Å². The molecule has 1 unspecified atom stereocenters. The minimum absolute atomic E-state index is 0.0869. The molecule has 1 saturated heterocycles. The summed E-state index contributed by atoms with van der Waals surface area (Å²) in [6, 6.07) is 14.0. The van der Waals surface area contributed by atoms with Gasteiger partial charge in [-0.2, -0.15) is 0 Å². The highest BCUT2D eigenvalue weighted by molar-refractivity contribution is 7.92. The first kappa shape index (κ1) is 20.8. The van der Waals surface area contributed by atoms with Gasteiger partial charge in [-0.25, -0.2) is 8.42 Å². The first-order valence-corrected chi connectivity index (χ1v) is 11.7. The fourth-order valence-corrected chi connectivity index (χ4v) is 5.69. The maximum absolute atomic E-state index is 13.0. The van der Waals surface area contributed by atoms with E-state index in [1.54, 1.807) is 43.3 Å². The van der Waals surface area contributed by atoms with Gasteiger partial charge < -0.3 is 10.0 Å². The molecule has 2 heterocycles. The molecule has 2 aliphatic rings. The molecule has 30 heavy (non-hydrogen) atoms. The molecule has 1 fully saturated rings. The molecule has 2 aliphatic heterocycles. The summed E-state index contributed by atoms with van der Waals surface area (Å²) in [5.41, 5.74) is 2.42. The van der Waals surface area contributed by atoms with Crippen LogP contribution in [0.25, 0.3) is 0 Å². The van der Waals surface area contributed by atoms with Gasteiger partial charge in [0.05, 0.1) is 16.7 Å². The van der Waals surface area contributed by atoms with E-state index in [1.807, 2.05) is 17.0 Å². The van der Waals surface area contributed by atoms with Crippen molar-refractivity contribution < 1.29 is 18.3 Å². The number of hydrogen-bond acceptors (Lipinski definition) is 5. The van der Waals surface area contributed by atoms with Crippen molar-refractivity contribution in [1.82, 2.24) is 9.80 Å². The van der Waals surface area contributed by atoms with Crippen LogP contribution in [0.5, 0.6) is 0 Å². The van der Waals surface area contributed by atoms with Gasteiger partial charge in [0.15, 0.2) is 0 Å². The molecular weight excluding hydrogens is 402 g/mol. The van der Waals surface area contributed by atoms with Crippen LogP contribution >= 0.6 is 0 Å². The second-order valence-corrected chi connectivity index (χ2v) is 9.71. The molecule has 2 aromatic rings. The second-order valence-electron chi connectivity index (χ2n) is 7.85. The number of aliphatic hydroxyl groups excluding tert-OH is 1. The van der Waals surface area contributed by atoms with Crippen molar-refractivity contribution >= 4 is 21.6 Å². The molecule has 160 valence electrons. The van der Waals surface area contributed by atoms with Crippen LogP contribution in [0.1, 0.15) is 24.2 Å². The number of carbonyl (C=O) groups excluding carboxylic acids is 1. The lowest BCUT2D eigenvalue weighted by molar-refractivity contribution is -0.130. The highest BCUT2D eigenvalue weighted by Crippen LogP contribution is 2.34. The van der Waals surface area contributed by atoms with Crippen LogP contribution in [0.3, 0.4) is 0 Å². The van der Waals surface area contributed by atoms with Crippen molar-refractivity contribution in [2.45, 2.75) is 24.3 Å². The summed E-state index contributed by atoms with van der Waals surface area (Å²) in [5, 5.41) is 10.7. The van der Waals surface area contributed by atoms with Crippen molar-refractivity contribution in [3.8, 4) is 0 Å². The summed E-state index contributed by atoms with van der Waals surface area (Å²) in [6.45, 7) is 5.32. The third-order valence-corrected chi connectivity index (χ3v) is 7.75. The van der Waals surface area contributed by atoms with E-state index in [4.69, 9.17) is 0 Å². The summed E-state index contributed by atoms with van der Waals surface area (Å²) >= 11 is 0. The predicted molar refractivity (Wildman–Crippen MR) is 115 cm³/mol. The maximum atomic E-state index is 13.0. The Bertz CT molecular complexity index is 1020. The van der Waals surface area contributed by atoms with Crippen LogP contribution in [0.2, 0.25) is 0 Å². The summed E-state index contributed by atoms with van der Waals surface area (Å²) in [5.74, 6) is 0.0869. The first-order chi connectivity index (χ1) is 14.4. The fourth-order valence-electron chi connectivity index (χ4n) is 4.16. The summed E-state index contributed by atoms with van der Waals surface area (Å²) in [4.78, 5) is 15.7. The number of anilines is 1. The SMILES string of the molecule is CC(=O)N1CCN(CC(O)c2ccc3c(c2)CCN3S(=O)(=O)c2ccccc2)CC1. The minimum atomic E-state index is -3.59. The first-order valence-electron chi connectivity index (χ1n) is 10.2. The lowest BCUT2D eigenvalue weighted by Crippen LogP contribution is -2.48. The van der Waals surface area contributed by atoms with Gasteiger partial charge in [-0.05, 0) is 35.7 Å². The van der Waals surface area contributed by atoms with Gasteiger partial charge in [-0.3, -0.25) is 14.0 Å². The molecule has 1 N–H and O–H groups in total. The molecule has 0 bridgehead atoms. The van der Waals surface area contributed by atoms with Crippen LogP contribution in [-0.2, 0) is 21.2 Å². The number of benzene rings is 2. The molecule has 7 nitrogen and oxygen atoms in total. The Morgan fingerprint density at radius 1 is 1.03 bits per heavy atom. The van der Waals surface area contributed by atoms with Crippen LogP contribution < -0.4 is 4.31 Å². The van der Waals surface area contributed by atoms with Crippen molar-refractivity contribution in [2.24, 2.45) is 0 Å². The summed E-state index contributed by atoms with van der Waals surface area (Å²) in [6.07, 6.45) is -0.0295. The second kappa shape index (κ2) is 8.37. The Balaban J connectivity index is 1.46. The number of rotatable bonds is 5. The maximum Gasteiger partial charge on any atom is 0.264 e. The predicted octanol–water partition coefficient (Wildman–Crippen LogP) is 1.64. The zero-order valence-electron chi connectivity index (χ0n) is 17.1. The Morgan fingerprint density at radius 3 is 2.40 bits per heavy atom. The molecule has 0 aliphatic carbocycles. The molecular formula is C22H27N3O4S. The quantitative estimate of drug-likeness (QED) is 0.782. The van der Waals surface area contributed by atoms with Crippen LogP contribution in [0.15, 0.2) is 53.4 Å². The third-order valence-electron chi connectivity index (χ3n) is 5.92. The lowest BCUT2D eigenvalue weighted by atomic mass is 10.0. The Morgan fingerprint density at radius 2 is 1.73 bits per heavy atom. The van der Waals surface area contributed by atoms with Crippen molar-refractivity contribution in [2.75, 3.05) is 43.6 Å². The van der Waals surface area contributed by atoms with E-state index in [2.05, 4.69) is 4.90 Å². The molecule has 0 radical (unpaired) electrons. The van der Waals surface area contributed by atoms with Crippen molar-refractivity contribution in [1.29, 1.82) is 0 Å². The number of nitrogens with zero attached hydrogens (tertiary/aromatic N) is 3. The molecule has 4 rings (SSSR count). The molecule has 0 spiro atoms. The van der Waals surface area contributed by atoms with E-state index in [0.717, 1.165) is 24.2 Å². The largest absolute Gasteiger partial charge is 0.387 e. The number of carbonyl (C=O) groups is 1. The monoisotopic (exact) mass is 429 g/mol. The highest BCUT2D eigenvalue weighted by atomic mass is 32.2. The number of piperazine rings is 1. The van der Waals surface area contributed by atoms with Gasteiger partial charge in [0.2, 0.25) is 5.91 Å². The van der Waals surface area contributed by atoms with Crippen LogP contribution in [-0.4, -0.2) is 68.5 Å². The molecule has 2 aromatic carbocycles. The highest BCUT2D eigenvalue weighted by Gasteiger charge is 2.31. The summed E-state index contributed by atoms with van der Waals surface area (Å²) in [7, 11) is -3.59. The number of aliphatic hydroxyl groups is 1. The number of amides is 1. The molecule has 1 atom stereocenters. The van der Waals surface area contributed by atoms with Crippen LogP contribution in [0, 0.1) is 0 Å². The lowest BCUT2D eigenvalue weighted by Gasteiger charge is -2.35. The van der Waals surface area contributed by atoms with Crippen LogP contribution in [0.4, 0.5) is 5.69 Å². The minimum Gasteiger partial charge on any atom is -0.387 e. The van der Waals surface area contributed by atoms with E-state index < -0.39 is 16.1 Å². The van der Waals surface area contributed by atoms with E-state index in [1.165, 1.54) is 4.31 Å². The molecule has 1 amide bonds. The Kier molecular flexibility index (Phi) is 5.81. The van der Waals surface area contributed by atoms with Gasteiger partial charge in [-0.1, -0.05) is 30.3 Å². The molecule has 0 aromatic heterocycles. The average molecular weight is 430 g/mol. The van der Waals surface area contributed by atoms with Gasteiger partial charge in [0, 0.05) is 46.2 Å². The number of fused-ring (bicyclic) bond motifs is 1. The third kappa shape index (κ3) is 4.08. The fraction of sp³-hybridized carbons (Fsp3) is 0.409. The standard InChI is InChI=1S/C22H27N3O4S/c1-17(26)24-13-11-23(12-14-24)16-22(27)19-7-8-21-18(15-19)9-10-25(21)30(28,29)20-5-3-2-4-6-20/h2-8,15,22,27H,9-14,16H2,1H3. The smallest absolute Gasteiger partial charge is 0.264 e. The number of sulfonamides is 1. The average Bonchev–Trinajstić information content (AvgIpc) is 3.19. The number of hydrogen-bond donors (Lipinski definition) is 1. The van der Waals surface area contributed by atoms with Gasteiger partial charge in [0.25, 0.3) is 10.0 Å². The van der Waals surface area contributed by atoms with E-state index >= 15 is 0 Å². The Labute approximate surface area is 177 Å². The van der Waals surface area contributed by atoms with E-state index in [0.29, 0.717) is 38.3 Å². The van der Waals surface area contributed by atoms with Gasteiger partial charge in [-0.15, -0.1) is 0 Å².